The highest BCUT2D eigenvalue weighted by atomic mass is 31.3. The van der Waals surface area contributed by atoms with Crippen LogP contribution in [-0.2, 0) is 18.0 Å². The molecule has 0 bridgehead atoms. The quantitative estimate of drug-likeness (QED) is 0.105. The van der Waals surface area contributed by atoms with Crippen molar-refractivity contribution in [2.24, 2.45) is 0 Å². The van der Waals surface area contributed by atoms with Crippen molar-refractivity contribution >= 4 is 15.6 Å². The average molecular weight is 584 g/mol. The number of hydrogen-bond donors (Lipinski definition) is 0. The van der Waals surface area contributed by atoms with Crippen LogP contribution in [0.25, 0.3) is 0 Å². The Morgan fingerprint density at radius 1 is 0.538 bits per heavy atom. The first-order chi connectivity index (χ1) is 18.1. The van der Waals surface area contributed by atoms with Crippen molar-refractivity contribution in [3.8, 4) is 0 Å². The summed E-state index contributed by atoms with van der Waals surface area (Å²) >= 11 is 0. The third-order valence-electron chi connectivity index (χ3n) is 6.08. The van der Waals surface area contributed by atoms with E-state index in [2.05, 4.69) is 80.8 Å². The zero-order chi connectivity index (χ0) is 29.9. The van der Waals surface area contributed by atoms with E-state index >= 15 is 0 Å². The number of hydrogen-bond acceptors (Lipinski definition) is 7. The molecule has 0 aromatic heterocycles. The Bertz CT molecular complexity index is 1010. The molecule has 0 aliphatic rings. The predicted octanol–water partition coefficient (Wildman–Crippen LogP) is 7.92. The summed E-state index contributed by atoms with van der Waals surface area (Å²) in [5.41, 5.74) is 7.90. The topological polar surface area (TPSA) is 122 Å². The van der Waals surface area contributed by atoms with Gasteiger partial charge in [-0.15, -0.1) is 0 Å². The molecule has 0 aliphatic heterocycles. The van der Waals surface area contributed by atoms with Gasteiger partial charge in [-0.2, -0.15) is 0 Å². The molecular weight excluding hydrogens is 534 g/mol. The Morgan fingerprint density at radius 2 is 0.846 bits per heavy atom. The first-order valence-corrected chi connectivity index (χ1v) is 16.6. The van der Waals surface area contributed by atoms with E-state index in [0.29, 0.717) is 6.42 Å². The predicted molar refractivity (Wildman–Crippen MR) is 157 cm³/mol. The Morgan fingerprint density at radius 3 is 1.15 bits per heavy atom. The van der Waals surface area contributed by atoms with E-state index in [0.717, 1.165) is 63.4 Å². The van der Waals surface area contributed by atoms with Gasteiger partial charge in [-0.3, -0.25) is 8.88 Å². The molecule has 0 fully saturated rings. The van der Waals surface area contributed by atoms with Gasteiger partial charge in [0.05, 0.1) is 14.4 Å². The Labute approximate surface area is 237 Å². The minimum absolute atomic E-state index is 0.387. The molecule has 0 amide bonds. The summed E-state index contributed by atoms with van der Waals surface area (Å²) in [5, 5.41) is 0. The lowest BCUT2D eigenvalue weighted by Gasteiger charge is -2.34. The van der Waals surface area contributed by atoms with E-state index in [1.54, 1.807) is 0 Å². The van der Waals surface area contributed by atoms with Crippen LogP contribution in [0, 0.1) is 0 Å². The summed E-state index contributed by atoms with van der Waals surface area (Å²) in [6, 6.07) is 0. The molecule has 0 aliphatic carbocycles. The number of rotatable bonds is 20. The van der Waals surface area contributed by atoms with Crippen molar-refractivity contribution < 1.29 is 32.6 Å². The van der Waals surface area contributed by atoms with Gasteiger partial charge in [0.1, 0.15) is 0 Å². The summed E-state index contributed by atoms with van der Waals surface area (Å²) in [5.74, 6) is 0. The van der Waals surface area contributed by atoms with Crippen molar-refractivity contribution in [2.75, 3.05) is 6.61 Å². The maximum atomic E-state index is 11.2. The Kier molecular flexibility index (Phi) is 19.9. The summed E-state index contributed by atoms with van der Waals surface area (Å²) in [4.78, 5) is 32.0. The molecule has 0 spiro atoms. The normalized spacial score (nSPS) is 15.9. The Balaban J connectivity index is 4.24. The lowest BCUT2D eigenvalue weighted by molar-refractivity contribution is -0.339. The fourth-order valence-electron chi connectivity index (χ4n) is 3.70. The molecule has 0 rings (SSSR count). The molecule has 0 saturated carbocycles. The van der Waals surface area contributed by atoms with E-state index in [9.17, 15) is 23.8 Å². The average Bonchev–Trinajstić information content (AvgIpc) is 2.77. The molecule has 0 aromatic carbocycles. The van der Waals surface area contributed by atoms with Crippen molar-refractivity contribution in [3.63, 3.8) is 0 Å². The maximum Gasteiger partial charge on any atom is 0.272 e. The molecule has 0 radical (unpaired) electrons. The number of allylic oxidation sites excluding steroid dienone is 11. The van der Waals surface area contributed by atoms with Crippen LogP contribution in [-0.4, -0.2) is 6.61 Å². The molecule has 1 unspecified atom stereocenters. The molecule has 0 saturated heterocycles. The van der Waals surface area contributed by atoms with Crippen LogP contribution in [0.15, 0.2) is 69.9 Å². The lowest BCUT2D eigenvalue weighted by atomic mass is 10.0. The molecule has 224 valence electrons. The van der Waals surface area contributed by atoms with Crippen LogP contribution in [0.2, 0.25) is 0 Å². The molecule has 9 heteroatoms. The van der Waals surface area contributed by atoms with Gasteiger partial charge >= 0.3 is 0 Å². The molecular formula is C30H49O7P2-3. The molecule has 0 aromatic rings. The molecule has 0 N–H and O–H groups in total. The van der Waals surface area contributed by atoms with Crippen molar-refractivity contribution in [1.29, 1.82) is 0 Å². The van der Waals surface area contributed by atoms with Gasteiger partial charge in [0, 0.05) is 0 Å². The van der Waals surface area contributed by atoms with Gasteiger partial charge < -0.3 is 23.8 Å². The van der Waals surface area contributed by atoms with Gasteiger partial charge in [0.25, 0.3) is 7.82 Å². The SMILES string of the molecule is CC(C)=CCC/C(C)=C/CC/C(C)=C/CC/C(C)=C/CC/C(C)=C/CC/C(C)=C/COP(=O)([O-])OP(=O)([O-])[O-]. The summed E-state index contributed by atoms with van der Waals surface area (Å²) in [7, 11) is -10.8. The van der Waals surface area contributed by atoms with E-state index in [-0.39, 0.29) is 6.61 Å². The zero-order valence-corrected chi connectivity index (χ0v) is 26.8. The molecule has 0 heterocycles. The first kappa shape index (κ1) is 37.7. The second kappa shape index (κ2) is 20.6. The lowest BCUT2D eigenvalue weighted by Crippen LogP contribution is -2.19. The van der Waals surface area contributed by atoms with Crippen LogP contribution < -0.4 is 14.7 Å². The van der Waals surface area contributed by atoms with Crippen molar-refractivity contribution in [1.82, 2.24) is 0 Å². The fourth-order valence-corrected chi connectivity index (χ4v) is 5.13. The third-order valence-corrected chi connectivity index (χ3v) is 8.15. The second-order valence-corrected chi connectivity index (χ2v) is 13.2. The van der Waals surface area contributed by atoms with Gasteiger partial charge in [-0.25, -0.2) is 0 Å². The third kappa shape index (κ3) is 25.4. The summed E-state index contributed by atoms with van der Waals surface area (Å²) < 4.78 is 29.4. The molecule has 39 heavy (non-hydrogen) atoms. The van der Waals surface area contributed by atoms with E-state index in [1.807, 2.05) is 6.92 Å². The van der Waals surface area contributed by atoms with Crippen LogP contribution in [0.3, 0.4) is 0 Å². The first-order valence-electron chi connectivity index (χ1n) is 13.7. The highest BCUT2D eigenvalue weighted by Gasteiger charge is 2.10. The van der Waals surface area contributed by atoms with Crippen LogP contribution in [0.1, 0.15) is 113 Å². The van der Waals surface area contributed by atoms with E-state index < -0.39 is 15.6 Å². The highest BCUT2D eigenvalue weighted by molar-refractivity contribution is 7.58. The van der Waals surface area contributed by atoms with E-state index in [1.165, 1.54) is 33.9 Å². The summed E-state index contributed by atoms with van der Waals surface area (Å²) in [6.45, 7) is 14.5. The zero-order valence-electron chi connectivity index (χ0n) is 25.0. The smallest absolute Gasteiger partial charge is 0.272 e. The standard InChI is InChI=1S/C30H52O7P2/c1-25(2)13-8-14-26(3)15-9-16-27(4)17-10-18-28(5)19-11-20-29(6)21-12-22-30(7)23-24-36-39(34,35)37-38(31,32)33/h13,15,17,19,21,23H,8-12,14,16,18,20,22,24H2,1-7H3,(H,34,35)(H2,31,32,33)/p-3/b26-15+,27-17+,28-19+,29-21+,30-23+. The minimum atomic E-state index is -5.66. The van der Waals surface area contributed by atoms with Gasteiger partial charge in [0.2, 0.25) is 0 Å². The monoisotopic (exact) mass is 583 g/mol. The fraction of sp³-hybridized carbons (Fsp3) is 0.600. The van der Waals surface area contributed by atoms with Crippen LogP contribution in [0.4, 0.5) is 0 Å². The van der Waals surface area contributed by atoms with Crippen LogP contribution in [0.5, 0.6) is 0 Å². The molecule has 1 atom stereocenters. The number of phosphoric ester groups is 1. The van der Waals surface area contributed by atoms with Crippen molar-refractivity contribution in [3.05, 3.63) is 69.9 Å². The Hall–Kier alpha value is -1.30. The summed E-state index contributed by atoms with van der Waals surface area (Å²) in [6.07, 6.45) is 23.2. The van der Waals surface area contributed by atoms with Crippen molar-refractivity contribution in [2.45, 2.75) is 113 Å². The highest BCUT2D eigenvalue weighted by Crippen LogP contribution is 2.50. The largest absolute Gasteiger partial charge is 0.790 e. The van der Waals surface area contributed by atoms with E-state index in [4.69, 9.17) is 0 Å². The number of phosphoric acid groups is 2. The minimum Gasteiger partial charge on any atom is -0.790 e. The van der Waals surface area contributed by atoms with Gasteiger partial charge in [-0.05, 0) is 113 Å². The molecule has 7 nitrogen and oxygen atoms in total. The maximum absolute atomic E-state index is 11.2. The van der Waals surface area contributed by atoms with Gasteiger partial charge in [0.15, 0.2) is 0 Å². The van der Waals surface area contributed by atoms with Gasteiger partial charge in [-0.1, -0.05) is 69.9 Å². The second-order valence-electron chi connectivity index (χ2n) is 10.5. The van der Waals surface area contributed by atoms with Crippen LogP contribution >= 0.6 is 15.6 Å².